The van der Waals surface area contributed by atoms with Gasteiger partial charge in [0.2, 0.25) is 0 Å². The largest absolute Gasteiger partial charge is 0.501 e. The highest BCUT2D eigenvalue weighted by Gasteiger charge is 2.49. The summed E-state index contributed by atoms with van der Waals surface area (Å²) in [5, 5.41) is 3.78. The number of alkyl halides is 3. The van der Waals surface area contributed by atoms with Crippen molar-refractivity contribution in [2.75, 3.05) is 81.5 Å². The lowest BCUT2D eigenvalue weighted by atomic mass is 9.73. The van der Waals surface area contributed by atoms with Gasteiger partial charge in [-0.2, -0.15) is 13.2 Å². The van der Waals surface area contributed by atoms with Gasteiger partial charge in [0, 0.05) is 84.8 Å². The molecule has 66 heavy (non-hydrogen) atoms. The average molecular weight is 989 g/mol. The normalized spacial score (nSPS) is 18.7. The van der Waals surface area contributed by atoms with E-state index in [1.165, 1.54) is 40.6 Å². The predicted octanol–water partition coefficient (Wildman–Crippen LogP) is 9.22. The molecule has 2 N–H and O–H groups in total. The van der Waals surface area contributed by atoms with Crippen LogP contribution in [-0.2, 0) is 24.6 Å². The molecule has 18 heteroatoms. The maximum atomic E-state index is 14.3. The summed E-state index contributed by atoms with van der Waals surface area (Å²) in [6.07, 6.45) is 3.56. The number of halogens is 4. The number of sulfone groups is 1. The van der Waals surface area contributed by atoms with Crippen molar-refractivity contribution in [2.45, 2.75) is 72.2 Å². The Morgan fingerprint density at radius 3 is 2.17 bits per heavy atom. The zero-order valence-electron chi connectivity index (χ0n) is 37.4. The number of piperazine rings is 1. The van der Waals surface area contributed by atoms with Crippen molar-refractivity contribution in [3.8, 4) is 0 Å². The van der Waals surface area contributed by atoms with Crippen LogP contribution in [0, 0.1) is 5.41 Å². The first-order chi connectivity index (χ1) is 31.2. The highest BCUT2D eigenvalue weighted by molar-refractivity contribution is 7.99. The molecule has 3 aliphatic rings. The van der Waals surface area contributed by atoms with Gasteiger partial charge in [-0.05, 0) is 116 Å². The third kappa shape index (κ3) is 12.5. The minimum atomic E-state index is -6.08. The van der Waals surface area contributed by atoms with Crippen LogP contribution in [0.2, 0.25) is 5.02 Å². The number of benzene rings is 4. The summed E-state index contributed by atoms with van der Waals surface area (Å²) < 4.78 is 104. The smallest absolute Gasteiger partial charge is 0.379 e. The van der Waals surface area contributed by atoms with E-state index in [0.717, 1.165) is 74.7 Å². The standard InChI is InChI=1S/C48H57ClF3N5O6S3/c1-46(2)20-19-42(35-9-13-38(49)14-10-35)37(32-46)33-56-23-25-57(26-24-56)39-15-11-36(12-16-39)45(58)54-66(61,62)41-17-18-43(44(31-41)65(59,60)48(50,51)52)53-47(3,21-22-55-27-29-63-30-28-55)34-64-40-7-5-4-6-8-40/h4-18,31,53H,19-30,32-34H2,1-3H3,(H,54,58)/t47-/m1/s1. The minimum absolute atomic E-state index is 0.00378. The van der Waals surface area contributed by atoms with Gasteiger partial charge < -0.3 is 15.0 Å². The number of amides is 1. The van der Waals surface area contributed by atoms with Crippen molar-refractivity contribution < 1.29 is 39.5 Å². The molecule has 1 amide bonds. The molecule has 356 valence electrons. The van der Waals surface area contributed by atoms with Crippen LogP contribution in [-0.4, -0.2) is 115 Å². The molecular weight excluding hydrogens is 931 g/mol. The number of sulfonamides is 1. The van der Waals surface area contributed by atoms with Crippen molar-refractivity contribution in [1.29, 1.82) is 0 Å². The second kappa shape index (κ2) is 20.6. The molecule has 7 rings (SSSR count). The SMILES string of the molecule is CC1(C)CCC(c2ccc(Cl)cc2)=C(CN2CCN(c3ccc(C(=O)NS(=O)(=O)c4ccc(N[C@](C)(CCN5CCOCC5)CSc5ccccc5)c(S(=O)(=O)C(F)(F)F)c4)cc3)CC2)C1. The predicted molar refractivity (Wildman–Crippen MR) is 257 cm³/mol. The molecule has 11 nitrogen and oxygen atoms in total. The van der Waals surface area contributed by atoms with E-state index in [4.69, 9.17) is 16.3 Å². The summed E-state index contributed by atoms with van der Waals surface area (Å²) in [5.41, 5.74) is -2.01. The molecule has 0 radical (unpaired) electrons. The molecule has 4 aromatic carbocycles. The zero-order valence-corrected chi connectivity index (χ0v) is 40.6. The summed E-state index contributed by atoms with van der Waals surface area (Å²) >= 11 is 7.64. The number of ether oxygens (including phenoxy) is 1. The number of rotatable bonds is 16. The molecule has 0 bridgehead atoms. The molecule has 0 saturated carbocycles. The quantitative estimate of drug-likeness (QED) is 0.104. The van der Waals surface area contributed by atoms with Crippen LogP contribution in [0.3, 0.4) is 0 Å². The van der Waals surface area contributed by atoms with Crippen LogP contribution in [0.25, 0.3) is 5.57 Å². The number of anilines is 2. The Bertz CT molecular complexity index is 2590. The monoisotopic (exact) mass is 987 g/mol. The van der Waals surface area contributed by atoms with Gasteiger partial charge in [0.05, 0.1) is 23.8 Å². The molecule has 2 heterocycles. The highest BCUT2D eigenvalue weighted by Crippen LogP contribution is 2.43. The molecule has 2 saturated heterocycles. The number of nitrogens with zero attached hydrogens (tertiary/aromatic N) is 3. The molecule has 2 aliphatic heterocycles. The van der Waals surface area contributed by atoms with Gasteiger partial charge in [0.1, 0.15) is 4.90 Å². The van der Waals surface area contributed by atoms with E-state index in [9.17, 15) is 34.8 Å². The van der Waals surface area contributed by atoms with E-state index in [0.29, 0.717) is 56.1 Å². The van der Waals surface area contributed by atoms with Gasteiger partial charge >= 0.3 is 5.51 Å². The summed E-state index contributed by atoms with van der Waals surface area (Å²) in [6, 6.07) is 26.3. The first-order valence-electron chi connectivity index (χ1n) is 22.0. The molecule has 4 aromatic rings. The molecular formula is C48H57ClF3N5O6S3. The van der Waals surface area contributed by atoms with Crippen molar-refractivity contribution in [2.24, 2.45) is 5.41 Å². The Kier molecular flexibility index (Phi) is 15.6. The lowest BCUT2D eigenvalue weighted by molar-refractivity contribution is -0.0436. The zero-order chi connectivity index (χ0) is 47.3. The summed E-state index contributed by atoms with van der Waals surface area (Å²) in [6.45, 7) is 13.4. The Morgan fingerprint density at radius 2 is 1.52 bits per heavy atom. The second-order valence-corrected chi connectivity index (χ2v) is 23.4. The molecule has 1 atom stereocenters. The van der Waals surface area contributed by atoms with Gasteiger partial charge in [0.25, 0.3) is 25.8 Å². The number of allylic oxidation sites excluding steroid dienone is 1. The molecule has 1 aliphatic carbocycles. The van der Waals surface area contributed by atoms with Crippen molar-refractivity contribution in [3.63, 3.8) is 0 Å². The number of carbonyl (C=O) groups is 1. The van der Waals surface area contributed by atoms with Crippen LogP contribution in [0.4, 0.5) is 24.5 Å². The van der Waals surface area contributed by atoms with Gasteiger partial charge in [-0.1, -0.05) is 61.4 Å². The van der Waals surface area contributed by atoms with Gasteiger partial charge in [-0.3, -0.25) is 14.6 Å². The molecule has 0 unspecified atom stereocenters. The molecule has 0 spiro atoms. The fourth-order valence-electron chi connectivity index (χ4n) is 8.67. The van der Waals surface area contributed by atoms with E-state index in [1.54, 1.807) is 19.1 Å². The Labute approximate surface area is 396 Å². The maximum Gasteiger partial charge on any atom is 0.501 e. The van der Waals surface area contributed by atoms with E-state index >= 15 is 0 Å². The summed E-state index contributed by atoms with van der Waals surface area (Å²) in [5.74, 6) is -0.690. The summed E-state index contributed by atoms with van der Waals surface area (Å²) in [4.78, 5) is 19.0. The van der Waals surface area contributed by atoms with Crippen LogP contribution in [0.1, 0.15) is 62.4 Å². The number of hydrogen-bond donors (Lipinski definition) is 2. The summed E-state index contributed by atoms with van der Waals surface area (Å²) in [7, 11) is -10.9. The topological polar surface area (TPSA) is 128 Å². The second-order valence-electron chi connectivity index (χ2n) is 18.3. The number of morpholine rings is 1. The Morgan fingerprint density at radius 1 is 0.848 bits per heavy atom. The van der Waals surface area contributed by atoms with E-state index in [-0.39, 0.29) is 11.0 Å². The van der Waals surface area contributed by atoms with Crippen LogP contribution < -0.4 is 14.9 Å². The van der Waals surface area contributed by atoms with Crippen LogP contribution >= 0.6 is 23.4 Å². The van der Waals surface area contributed by atoms with Crippen LogP contribution in [0.5, 0.6) is 0 Å². The number of hydrogen-bond acceptors (Lipinski definition) is 11. The number of thioether (sulfide) groups is 1. The lowest BCUT2D eigenvalue weighted by Gasteiger charge is -2.39. The average Bonchev–Trinajstić information content (AvgIpc) is 3.28. The molecule has 2 fully saturated rings. The number of nitrogens with one attached hydrogen (secondary N) is 2. The van der Waals surface area contributed by atoms with Crippen LogP contribution in [0.15, 0.2) is 117 Å². The van der Waals surface area contributed by atoms with E-state index in [1.807, 2.05) is 47.2 Å². The number of carbonyl (C=O) groups excluding carboxylic acids is 1. The van der Waals surface area contributed by atoms with Gasteiger partial charge in [-0.15, -0.1) is 11.8 Å². The van der Waals surface area contributed by atoms with Crippen molar-refractivity contribution >= 4 is 66.1 Å². The maximum absolute atomic E-state index is 14.3. The first-order valence-corrected chi connectivity index (χ1v) is 26.4. The van der Waals surface area contributed by atoms with E-state index < -0.39 is 52.3 Å². The lowest BCUT2D eigenvalue weighted by Crippen LogP contribution is -2.47. The Hall–Kier alpha value is -4.10. The third-order valence-electron chi connectivity index (χ3n) is 12.5. The van der Waals surface area contributed by atoms with Gasteiger partial charge in [-0.25, -0.2) is 21.6 Å². The van der Waals surface area contributed by atoms with Crippen molar-refractivity contribution in [3.05, 3.63) is 119 Å². The fraction of sp³-hybridized carbons (Fsp3) is 0.438. The minimum Gasteiger partial charge on any atom is -0.379 e. The Balaban J connectivity index is 1.03. The van der Waals surface area contributed by atoms with Gasteiger partial charge in [0.15, 0.2) is 0 Å². The van der Waals surface area contributed by atoms with E-state index in [2.05, 4.69) is 46.0 Å². The van der Waals surface area contributed by atoms with Crippen molar-refractivity contribution in [1.82, 2.24) is 14.5 Å². The third-order valence-corrected chi connectivity index (χ3v) is 17.0. The fourth-order valence-corrected chi connectivity index (χ4v) is 11.9. The molecule has 0 aromatic heterocycles. The first kappa shape index (κ1) is 49.8. The highest BCUT2D eigenvalue weighted by atomic mass is 35.5.